The van der Waals surface area contributed by atoms with Crippen LogP contribution < -0.4 is 10.6 Å². The second kappa shape index (κ2) is 6.91. The maximum Gasteiger partial charge on any atom is 0.170 e. The van der Waals surface area contributed by atoms with Crippen molar-refractivity contribution in [2.24, 2.45) is 0 Å². The molecule has 4 heteroatoms. The first-order chi connectivity index (χ1) is 10.8. The Kier molecular flexibility index (Phi) is 4.51. The molecule has 0 aliphatic heterocycles. The van der Waals surface area contributed by atoms with Gasteiger partial charge in [0.25, 0.3) is 0 Å². The molecular weight excluding hydrogens is 290 g/mol. The Balaban J connectivity index is 1.50. The van der Waals surface area contributed by atoms with E-state index in [1.165, 1.54) is 10.9 Å². The largest absolute Gasteiger partial charge is 0.361 e. The van der Waals surface area contributed by atoms with Crippen molar-refractivity contribution in [3.63, 3.8) is 0 Å². The second-order valence-corrected chi connectivity index (χ2v) is 5.38. The SMILES string of the molecule is S=C(NC=Cc1ccccc1)NCc1ccc2[nH]ccc2c1. The van der Waals surface area contributed by atoms with Crippen molar-refractivity contribution in [2.75, 3.05) is 0 Å². The molecule has 22 heavy (non-hydrogen) atoms. The van der Waals surface area contributed by atoms with Crippen LogP contribution in [0.15, 0.2) is 67.0 Å². The van der Waals surface area contributed by atoms with Gasteiger partial charge >= 0.3 is 0 Å². The smallest absolute Gasteiger partial charge is 0.170 e. The maximum atomic E-state index is 5.27. The average molecular weight is 307 g/mol. The standard InChI is InChI=1S/C18H17N3S/c22-18(20-10-8-14-4-2-1-3-5-14)21-13-15-6-7-17-16(12-15)9-11-19-17/h1-12,19H,13H2,(H2,20,21,22). The molecule has 3 N–H and O–H groups in total. The number of H-pyrrole nitrogens is 1. The van der Waals surface area contributed by atoms with Gasteiger partial charge in [0.05, 0.1) is 0 Å². The predicted octanol–water partition coefficient (Wildman–Crippen LogP) is 3.80. The van der Waals surface area contributed by atoms with Gasteiger partial charge in [-0.1, -0.05) is 36.4 Å². The minimum absolute atomic E-state index is 0.612. The summed E-state index contributed by atoms with van der Waals surface area (Å²) in [6.07, 6.45) is 5.78. The van der Waals surface area contributed by atoms with Crippen molar-refractivity contribution >= 4 is 34.3 Å². The zero-order valence-corrected chi connectivity index (χ0v) is 12.9. The summed E-state index contributed by atoms with van der Waals surface area (Å²) in [7, 11) is 0. The van der Waals surface area contributed by atoms with Gasteiger partial charge < -0.3 is 15.6 Å². The van der Waals surface area contributed by atoms with Gasteiger partial charge in [-0.3, -0.25) is 0 Å². The van der Waals surface area contributed by atoms with Gasteiger partial charge in [0, 0.05) is 24.5 Å². The molecule has 0 saturated heterocycles. The predicted molar refractivity (Wildman–Crippen MR) is 96.3 cm³/mol. The number of benzene rings is 2. The van der Waals surface area contributed by atoms with E-state index in [-0.39, 0.29) is 0 Å². The molecule has 0 bridgehead atoms. The summed E-state index contributed by atoms with van der Waals surface area (Å²) < 4.78 is 0. The Morgan fingerprint density at radius 1 is 1.09 bits per heavy atom. The number of rotatable bonds is 4. The highest BCUT2D eigenvalue weighted by atomic mass is 32.1. The molecule has 0 amide bonds. The zero-order chi connectivity index (χ0) is 15.2. The lowest BCUT2D eigenvalue weighted by atomic mass is 10.1. The van der Waals surface area contributed by atoms with Gasteiger partial charge in [0.2, 0.25) is 0 Å². The number of aromatic amines is 1. The van der Waals surface area contributed by atoms with E-state index in [0.717, 1.165) is 11.1 Å². The third kappa shape index (κ3) is 3.74. The van der Waals surface area contributed by atoms with Gasteiger partial charge in [-0.25, -0.2) is 0 Å². The van der Waals surface area contributed by atoms with Crippen molar-refractivity contribution < 1.29 is 0 Å². The Bertz CT molecular complexity index is 790. The molecule has 1 heterocycles. The van der Waals surface area contributed by atoms with Crippen LogP contribution in [0.1, 0.15) is 11.1 Å². The van der Waals surface area contributed by atoms with Gasteiger partial charge in [-0.15, -0.1) is 0 Å². The molecule has 0 aliphatic rings. The first-order valence-corrected chi connectivity index (χ1v) is 7.54. The van der Waals surface area contributed by atoms with Crippen LogP contribution in [0.2, 0.25) is 0 Å². The lowest BCUT2D eigenvalue weighted by Gasteiger charge is -2.07. The Morgan fingerprint density at radius 2 is 1.95 bits per heavy atom. The van der Waals surface area contributed by atoms with Crippen molar-refractivity contribution in [2.45, 2.75) is 6.54 Å². The molecule has 0 aliphatic carbocycles. The highest BCUT2D eigenvalue weighted by Gasteiger charge is 1.98. The third-order valence-corrected chi connectivity index (χ3v) is 3.62. The summed E-state index contributed by atoms with van der Waals surface area (Å²) in [5.41, 5.74) is 3.48. The van der Waals surface area contributed by atoms with E-state index in [4.69, 9.17) is 12.2 Å². The highest BCUT2D eigenvalue weighted by Crippen LogP contribution is 2.13. The third-order valence-electron chi connectivity index (χ3n) is 3.36. The molecule has 0 unspecified atom stereocenters. The molecule has 0 fully saturated rings. The van der Waals surface area contributed by atoms with E-state index in [1.807, 2.05) is 48.8 Å². The average Bonchev–Trinajstić information content (AvgIpc) is 3.01. The first-order valence-electron chi connectivity index (χ1n) is 7.13. The number of fused-ring (bicyclic) bond motifs is 1. The van der Waals surface area contributed by atoms with Crippen LogP contribution in [-0.2, 0) is 6.54 Å². The number of hydrogen-bond acceptors (Lipinski definition) is 1. The monoisotopic (exact) mass is 307 g/mol. The summed E-state index contributed by atoms with van der Waals surface area (Å²) in [4.78, 5) is 3.19. The van der Waals surface area contributed by atoms with Crippen molar-refractivity contribution in [3.05, 3.63) is 78.1 Å². The molecule has 3 aromatic rings. The quantitative estimate of drug-likeness (QED) is 0.642. The van der Waals surface area contributed by atoms with Crippen LogP contribution in [0, 0.1) is 0 Å². The van der Waals surface area contributed by atoms with Crippen molar-refractivity contribution in [1.29, 1.82) is 0 Å². The van der Waals surface area contributed by atoms with Crippen LogP contribution in [0.5, 0.6) is 0 Å². The fraction of sp³-hybridized carbons (Fsp3) is 0.0556. The number of aromatic nitrogens is 1. The van der Waals surface area contributed by atoms with Gasteiger partial charge in [0.15, 0.2) is 5.11 Å². The Hall–Kier alpha value is -2.59. The van der Waals surface area contributed by atoms with E-state index in [9.17, 15) is 0 Å². The number of nitrogens with one attached hydrogen (secondary N) is 3. The first kappa shape index (κ1) is 14.4. The van der Waals surface area contributed by atoms with Gasteiger partial charge in [-0.2, -0.15) is 0 Å². The molecule has 0 radical (unpaired) electrons. The fourth-order valence-corrected chi connectivity index (χ4v) is 2.36. The summed E-state index contributed by atoms with van der Waals surface area (Å²) in [5.74, 6) is 0. The molecule has 3 rings (SSSR count). The summed E-state index contributed by atoms with van der Waals surface area (Å²) in [6.45, 7) is 0.701. The normalized spacial score (nSPS) is 10.9. The summed E-state index contributed by atoms with van der Waals surface area (Å²) >= 11 is 5.27. The van der Waals surface area contributed by atoms with Gasteiger partial charge in [-0.05, 0) is 53.0 Å². The fourth-order valence-electron chi connectivity index (χ4n) is 2.22. The van der Waals surface area contributed by atoms with Crippen LogP contribution in [-0.4, -0.2) is 10.1 Å². The van der Waals surface area contributed by atoms with E-state index in [1.54, 1.807) is 0 Å². The molecule has 0 spiro atoms. The zero-order valence-electron chi connectivity index (χ0n) is 12.0. The van der Waals surface area contributed by atoms with Crippen LogP contribution in [0.3, 0.4) is 0 Å². The second-order valence-electron chi connectivity index (χ2n) is 4.97. The Morgan fingerprint density at radius 3 is 2.82 bits per heavy atom. The van der Waals surface area contributed by atoms with E-state index >= 15 is 0 Å². The molecule has 110 valence electrons. The summed E-state index contributed by atoms with van der Waals surface area (Å²) in [5, 5.41) is 8.09. The number of thiocarbonyl (C=S) groups is 1. The van der Waals surface area contributed by atoms with E-state index in [0.29, 0.717) is 11.7 Å². The molecule has 2 aromatic carbocycles. The van der Waals surface area contributed by atoms with E-state index in [2.05, 4.69) is 39.9 Å². The number of hydrogen-bond donors (Lipinski definition) is 3. The lowest BCUT2D eigenvalue weighted by molar-refractivity contribution is 0.902. The summed E-state index contributed by atoms with van der Waals surface area (Å²) in [6, 6.07) is 18.5. The molecule has 0 atom stereocenters. The van der Waals surface area contributed by atoms with Crippen LogP contribution >= 0.6 is 12.2 Å². The molecule has 0 saturated carbocycles. The lowest BCUT2D eigenvalue weighted by Crippen LogP contribution is -2.31. The maximum absolute atomic E-state index is 5.27. The molecular formula is C18H17N3S. The van der Waals surface area contributed by atoms with Crippen LogP contribution in [0.25, 0.3) is 17.0 Å². The van der Waals surface area contributed by atoms with Crippen molar-refractivity contribution in [1.82, 2.24) is 15.6 Å². The molecule has 1 aromatic heterocycles. The van der Waals surface area contributed by atoms with Crippen molar-refractivity contribution in [3.8, 4) is 0 Å². The Labute approximate surface area is 135 Å². The minimum atomic E-state index is 0.612. The topological polar surface area (TPSA) is 39.8 Å². The minimum Gasteiger partial charge on any atom is -0.361 e. The molecule has 3 nitrogen and oxygen atoms in total. The van der Waals surface area contributed by atoms with Crippen LogP contribution in [0.4, 0.5) is 0 Å². The highest BCUT2D eigenvalue weighted by molar-refractivity contribution is 7.80. The van der Waals surface area contributed by atoms with E-state index < -0.39 is 0 Å². The van der Waals surface area contributed by atoms with Gasteiger partial charge in [0.1, 0.15) is 0 Å².